The average Bonchev–Trinajstić information content (AvgIpc) is 3.13. The molecule has 25 heteroatoms. The molecule has 1 heterocycles. The molecule has 0 radical (unpaired) electrons. The first-order chi connectivity index (χ1) is 28.2. The lowest BCUT2D eigenvalue weighted by molar-refractivity contribution is -0.136. The van der Waals surface area contributed by atoms with Crippen LogP contribution in [0.4, 0.5) is 51.7 Å². The van der Waals surface area contributed by atoms with Crippen molar-refractivity contribution in [1.29, 1.82) is 0 Å². The van der Waals surface area contributed by atoms with Crippen LogP contribution in [0.15, 0.2) is 112 Å². The number of nitrogens with one attached hydrogen (secondary N) is 2. The second-order valence-corrected chi connectivity index (χ2v) is 18.1. The molecule has 1 aromatic heterocycles. The third-order valence-corrected chi connectivity index (χ3v) is 10.9. The lowest BCUT2D eigenvalue weighted by Gasteiger charge is -2.13. The molecule has 5 aromatic rings. The number of carboxylic acids is 1. The van der Waals surface area contributed by atoms with Crippen LogP contribution in [0.2, 0.25) is 0 Å². The molecule has 21 nitrogen and oxygen atoms in total. The second-order valence-electron chi connectivity index (χ2n) is 12.8. The first-order valence-electron chi connectivity index (χ1n) is 17.0. The molecule has 0 spiro atoms. The van der Waals surface area contributed by atoms with Crippen molar-refractivity contribution in [3.05, 3.63) is 95.3 Å². The van der Waals surface area contributed by atoms with E-state index in [-0.39, 0.29) is 63.8 Å². The largest absolute Gasteiger partial charge is 0.481 e. The van der Waals surface area contributed by atoms with Crippen molar-refractivity contribution in [3.63, 3.8) is 0 Å². The Balaban J connectivity index is 1.38. The number of aliphatic carboxylic acids is 1. The minimum Gasteiger partial charge on any atom is -0.481 e. The summed E-state index contributed by atoms with van der Waals surface area (Å²) in [6.07, 6.45) is 1.92. The highest BCUT2D eigenvalue weighted by atomic mass is 32.2. The van der Waals surface area contributed by atoms with Gasteiger partial charge in [0.1, 0.15) is 5.82 Å². The molecule has 312 valence electrons. The fraction of sp³-hybridized carbons (Fsp3) is 0.200. The van der Waals surface area contributed by atoms with Gasteiger partial charge in [0.2, 0.25) is 11.9 Å². The number of carbonyl (C=O) groups is 1. The number of azo groups is 2. The monoisotopic (exact) mass is 895 g/mol. The van der Waals surface area contributed by atoms with E-state index in [1.165, 1.54) is 24.3 Å². The summed E-state index contributed by atoms with van der Waals surface area (Å²) in [5.41, 5.74) is 3.48. The zero-order valence-corrected chi connectivity index (χ0v) is 35.1. The smallest absolute Gasteiger partial charge is 0.316 e. The Labute approximate surface area is 346 Å². The number of carboxylic acid groups (broad SMARTS) is 1. The van der Waals surface area contributed by atoms with Crippen LogP contribution >= 0.6 is 0 Å². The molecular weight excluding hydrogens is 863 g/mol. The third kappa shape index (κ3) is 13.2. The Morgan fingerprint density at radius 2 is 1.13 bits per heavy atom. The molecule has 0 aliphatic carbocycles. The molecule has 0 aliphatic rings. The highest BCUT2D eigenvalue weighted by Crippen LogP contribution is 2.32. The molecule has 4 aromatic carbocycles. The maximum absolute atomic E-state index is 12.2. The molecule has 0 amide bonds. The fourth-order valence-electron chi connectivity index (χ4n) is 5.19. The van der Waals surface area contributed by atoms with Crippen molar-refractivity contribution in [3.8, 4) is 0 Å². The molecule has 0 saturated heterocycles. The molecule has 60 heavy (non-hydrogen) atoms. The van der Waals surface area contributed by atoms with Gasteiger partial charge in [0, 0.05) is 31.2 Å². The first kappa shape index (κ1) is 44.4. The molecule has 0 unspecified atom stereocenters. The van der Waals surface area contributed by atoms with Crippen LogP contribution in [0.5, 0.6) is 0 Å². The van der Waals surface area contributed by atoms with Crippen LogP contribution in [0.3, 0.4) is 0 Å². The van der Waals surface area contributed by atoms with Gasteiger partial charge in [0.05, 0.1) is 50.3 Å². The zero-order chi connectivity index (χ0) is 43.8. The average molecular weight is 896 g/mol. The topological polar surface area (TPSA) is 311 Å². The summed E-state index contributed by atoms with van der Waals surface area (Å²) < 4.78 is 99.8. The van der Waals surface area contributed by atoms with Gasteiger partial charge < -0.3 is 15.7 Å². The zero-order valence-electron chi connectivity index (χ0n) is 31.8. The molecular formula is C35H33N11O10S4. The van der Waals surface area contributed by atoms with Crippen molar-refractivity contribution >= 4 is 98.4 Å². The van der Waals surface area contributed by atoms with E-state index in [2.05, 4.69) is 54.8 Å². The van der Waals surface area contributed by atoms with Crippen molar-refractivity contribution < 1.29 is 43.6 Å². The SMILES string of the molecule is Cc1cc(N=Nc2cc(N=S(=O)=O)cc(N=S(=O)=O)c2)ccc1Cc1nc(NCCC(=O)O)nc(Nc2ccc(N=Nc3cc(S(C)(=O)=O)cc(S(C)(=O)=O)c3)cc2C)n1. The summed E-state index contributed by atoms with van der Waals surface area (Å²) in [6, 6.07) is 17.3. The van der Waals surface area contributed by atoms with E-state index in [1.807, 2.05) is 6.92 Å². The summed E-state index contributed by atoms with van der Waals surface area (Å²) in [5, 5.41) is 31.7. The molecule has 0 saturated carbocycles. The van der Waals surface area contributed by atoms with Crippen molar-refractivity contribution in [2.75, 3.05) is 29.7 Å². The van der Waals surface area contributed by atoms with E-state index >= 15 is 0 Å². The third-order valence-electron chi connectivity index (χ3n) is 7.97. The van der Waals surface area contributed by atoms with Gasteiger partial charge in [-0.1, -0.05) is 6.07 Å². The van der Waals surface area contributed by atoms with Gasteiger partial charge in [-0.15, -0.1) is 8.73 Å². The van der Waals surface area contributed by atoms with Crippen LogP contribution in [0, 0.1) is 13.8 Å². The van der Waals surface area contributed by atoms with Gasteiger partial charge in [-0.05, 0) is 97.3 Å². The van der Waals surface area contributed by atoms with E-state index in [1.54, 1.807) is 43.3 Å². The summed E-state index contributed by atoms with van der Waals surface area (Å²) >= 11 is 0. The second kappa shape index (κ2) is 18.9. The fourth-order valence-corrected chi connectivity index (χ4v) is 7.17. The molecule has 0 bridgehead atoms. The molecule has 0 aliphatic heterocycles. The predicted octanol–water partition coefficient (Wildman–Crippen LogP) is 6.74. The van der Waals surface area contributed by atoms with Gasteiger partial charge in [0.15, 0.2) is 19.7 Å². The Hall–Kier alpha value is -6.70. The van der Waals surface area contributed by atoms with Crippen LogP contribution < -0.4 is 10.6 Å². The van der Waals surface area contributed by atoms with E-state index in [0.717, 1.165) is 35.8 Å². The molecule has 0 fully saturated rings. The molecule has 0 atom stereocenters. The first-order valence-corrected chi connectivity index (χ1v) is 22.9. The van der Waals surface area contributed by atoms with Crippen LogP contribution in [-0.4, -0.2) is 78.8 Å². The summed E-state index contributed by atoms with van der Waals surface area (Å²) in [6.45, 7) is 3.62. The van der Waals surface area contributed by atoms with Crippen molar-refractivity contribution in [1.82, 2.24) is 15.0 Å². The Morgan fingerprint density at radius 1 is 0.633 bits per heavy atom. The quantitative estimate of drug-likeness (QED) is 0.0864. The van der Waals surface area contributed by atoms with Gasteiger partial charge in [-0.2, -0.15) is 52.2 Å². The Bertz CT molecular complexity index is 2980. The minimum atomic E-state index is -3.75. The summed E-state index contributed by atoms with van der Waals surface area (Å²) in [5.74, 6) is -0.461. The number of rotatable bonds is 16. The number of sulfone groups is 2. The van der Waals surface area contributed by atoms with E-state index < -0.39 is 46.6 Å². The maximum Gasteiger partial charge on any atom is 0.316 e. The van der Waals surface area contributed by atoms with E-state index in [0.29, 0.717) is 28.5 Å². The van der Waals surface area contributed by atoms with Gasteiger partial charge in [-0.25, -0.2) is 16.8 Å². The lowest BCUT2D eigenvalue weighted by Crippen LogP contribution is -2.13. The highest BCUT2D eigenvalue weighted by Gasteiger charge is 2.16. The Kier molecular flexibility index (Phi) is 14.0. The number of hydrogen-bond acceptors (Lipinski definition) is 20. The summed E-state index contributed by atoms with van der Waals surface area (Å²) in [7, 11) is -13.1. The minimum absolute atomic E-state index is 0.0211. The van der Waals surface area contributed by atoms with Crippen molar-refractivity contribution in [2.45, 2.75) is 36.5 Å². The normalized spacial score (nSPS) is 11.7. The van der Waals surface area contributed by atoms with Crippen LogP contribution in [0.1, 0.15) is 28.9 Å². The van der Waals surface area contributed by atoms with Crippen LogP contribution in [0.25, 0.3) is 0 Å². The number of benzene rings is 4. The number of anilines is 3. The van der Waals surface area contributed by atoms with E-state index in [4.69, 9.17) is 5.11 Å². The van der Waals surface area contributed by atoms with Gasteiger partial charge in [-0.3, -0.25) is 4.79 Å². The maximum atomic E-state index is 12.2. The number of nitrogens with zero attached hydrogens (tertiary/aromatic N) is 9. The summed E-state index contributed by atoms with van der Waals surface area (Å²) in [4.78, 5) is 24.2. The van der Waals surface area contributed by atoms with Crippen molar-refractivity contribution in [2.24, 2.45) is 29.2 Å². The Morgan fingerprint density at radius 3 is 1.65 bits per heavy atom. The standard InChI is InChI=1S/C35H33N11O10S4/c1-20-11-23(41-43-25-14-27(45-57(49)50)16-28(15-25)46-58(51)52)6-5-22(20)13-32-38-34(36-10-9-33(47)48)40-35(39-32)37-31-8-7-24(12-21(31)2)42-44-26-17-29(59(3,53)54)19-30(18-26)60(4,55)56/h5-8,11-12,14-19H,9-10,13H2,1-4H3,(H,47,48)(H2,36,37,38,39,40). The number of aryl methyl sites for hydroxylation is 2. The number of aromatic nitrogens is 3. The number of hydrogen-bond donors (Lipinski definition) is 3. The van der Waals surface area contributed by atoms with E-state index in [9.17, 15) is 38.5 Å². The lowest BCUT2D eigenvalue weighted by atomic mass is 10.0. The van der Waals surface area contributed by atoms with Crippen LogP contribution in [-0.2, 0) is 51.9 Å². The molecule has 3 N–H and O–H groups in total. The predicted molar refractivity (Wildman–Crippen MR) is 218 cm³/mol. The van der Waals surface area contributed by atoms with Gasteiger partial charge in [0.25, 0.3) is 0 Å². The van der Waals surface area contributed by atoms with Gasteiger partial charge >= 0.3 is 27.0 Å². The molecule has 5 rings (SSSR count). The highest BCUT2D eigenvalue weighted by molar-refractivity contribution is 7.91.